The third-order valence-corrected chi connectivity index (χ3v) is 6.18. The monoisotopic (exact) mass is 482 g/mol. The summed E-state index contributed by atoms with van der Waals surface area (Å²) in [5.74, 6) is 4.21. The smallest absolute Gasteiger partial charge is 0.130 e. The van der Waals surface area contributed by atoms with Gasteiger partial charge in [0.25, 0.3) is 0 Å². The highest BCUT2D eigenvalue weighted by molar-refractivity contribution is 5.66. The molecule has 7 nitrogen and oxygen atoms in total. The van der Waals surface area contributed by atoms with Crippen LogP contribution >= 0.6 is 0 Å². The summed E-state index contributed by atoms with van der Waals surface area (Å²) in [7, 11) is 11.4. The Morgan fingerprint density at radius 3 is 0.971 bits per heavy atom. The van der Waals surface area contributed by atoms with E-state index in [1.807, 2.05) is 50.2 Å². The van der Waals surface area contributed by atoms with Gasteiger partial charge < -0.3 is 33.2 Å². The fourth-order valence-electron chi connectivity index (χ4n) is 4.53. The molecule has 0 N–H and O–H groups in total. The topological polar surface area (TPSA) is 64.6 Å². The molecule has 0 bridgehead atoms. The van der Waals surface area contributed by atoms with Gasteiger partial charge in [-0.1, -0.05) is 0 Å². The maximum Gasteiger partial charge on any atom is 0.130 e. The van der Waals surface area contributed by atoms with Crippen molar-refractivity contribution in [2.24, 2.45) is 0 Å². The van der Waals surface area contributed by atoms with E-state index in [4.69, 9.17) is 33.2 Å². The van der Waals surface area contributed by atoms with Gasteiger partial charge in [0, 0.05) is 46.9 Å². The van der Waals surface area contributed by atoms with E-state index < -0.39 is 0 Å². The highest BCUT2D eigenvalue weighted by Gasteiger charge is 2.33. The van der Waals surface area contributed by atoms with Crippen LogP contribution in [0.1, 0.15) is 33.7 Å². The number of aryl methyl sites for hydroxylation is 2. The molecule has 0 atom stereocenters. The highest BCUT2D eigenvalue weighted by Crippen LogP contribution is 2.52. The van der Waals surface area contributed by atoms with E-state index in [0.717, 1.165) is 27.8 Å². The fourth-order valence-corrected chi connectivity index (χ4v) is 4.53. The van der Waals surface area contributed by atoms with Gasteiger partial charge in [0.05, 0.1) is 49.8 Å². The van der Waals surface area contributed by atoms with Crippen molar-refractivity contribution in [2.75, 3.05) is 49.8 Å². The van der Waals surface area contributed by atoms with Crippen LogP contribution in [-0.4, -0.2) is 49.8 Å². The first-order valence-electron chi connectivity index (χ1n) is 11.1. The summed E-state index contributed by atoms with van der Waals surface area (Å²) >= 11 is 0. The third-order valence-electron chi connectivity index (χ3n) is 6.18. The van der Waals surface area contributed by atoms with Crippen LogP contribution in [0, 0.1) is 13.8 Å². The number of hydrogen-bond donors (Lipinski definition) is 0. The Labute approximate surface area is 207 Å². The first-order valence-corrected chi connectivity index (χ1v) is 11.1. The van der Waals surface area contributed by atoms with Crippen LogP contribution in [0.3, 0.4) is 0 Å². The molecule has 0 aliphatic heterocycles. The molecule has 3 aromatic carbocycles. The molecule has 0 aliphatic rings. The molecule has 0 unspecified atom stereocenters. The van der Waals surface area contributed by atoms with E-state index in [-0.39, 0.29) is 5.92 Å². The van der Waals surface area contributed by atoms with Gasteiger partial charge in [-0.15, -0.1) is 0 Å². The molecule has 0 aliphatic carbocycles. The minimum Gasteiger partial charge on any atom is -0.497 e. The molecule has 0 fully saturated rings. The standard InChI is InChI=1S/C28H34O7/c1-16-10-18(29-3)12-21(32-6)25(16)28(26-17(2)11-19(30-4)13-22(26)33-7)27-23(34-8)14-20(31-5)15-24(27)35-9/h10-15,28H,1-9H3. The summed E-state index contributed by atoms with van der Waals surface area (Å²) < 4.78 is 40.1. The van der Waals surface area contributed by atoms with Gasteiger partial charge in [0.1, 0.15) is 40.2 Å². The molecule has 0 heterocycles. The second kappa shape index (κ2) is 11.1. The highest BCUT2D eigenvalue weighted by atomic mass is 16.5. The zero-order valence-corrected chi connectivity index (χ0v) is 21.9. The Kier molecular flexibility index (Phi) is 8.22. The SMILES string of the molecule is COc1cc(C)c(C(c2c(C)cc(OC)cc2OC)c2c(OC)cc(OC)cc2OC)c(OC)c1. The maximum atomic E-state index is 5.89. The summed E-state index contributed by atoms with van der Waals surface area (Å²) in [4.78, 5) is 0. The van der Waals surface area contributed by atoms with Crippen LogP contribution in [0.25, 0.3) is 0 Å². The first kappa shape index (κ1) is 25.9. The maximum absolute atomic E-state index is 5.89. The molecule has 0 saturated carbocycles. The van der Waals surface area contributed by atoms with Crippen LogP contribution in [0.5, 0.6) is 40.2 Å². The van der Waals surface area contributed by atoms with Crippen LogP contribution in [-0.2, 0) is 0 Å². The molecule has 0 spiro atoms. The fraction of sp³-hybridized carbons (Fsp3) is 0.357. The lowest BCUT2D eigenvalue weighted by Crippen LogP contribution is -2.13. The van der Waals surface area contributed by atoms with Gasteiger partial charge in [0.15, 0.2) is 0 Å². The molecule has 188 valence electrons. The van der Waals surface area contributed by atoms with Crippen molar-refractivity contribution in [2.45, 2.75) is 19.8 Å². The molecule has 0 aromatic heterocycles. The lowest BCUT2D eigenvalue weighted by atomic mass is 9.79. The van der Waals surface area contributed by atoms with Gasteiger partial charge in [0.2, 0.25) is 0 Å². The Bertz CT molecular complexity index is 1100. The zero-order chi connectivity index (χ0) is 25.7. The molecule has 0 radical (unpaired) electrons. The van der Waals surface area contributed by atoms with Crippen molar-refractivity contribution in [1.29, 1.82) is 0 Å². The Balaban J connectivity index is 2.53. The first-order chi connectivity index (χ1) is 16.9. The van der Waals surface area contributed by atoms with Crippen LogP contribution in [0.4, 0.5) is 0 Å². The molecule has 35 heavy (non-hydrogen) atoms. The Hall–Kier alpha value is -3.74. The van der Waals surface area contributed by atoms with Crippen molar-refractivity contribution in [3.63, 3.8) is 0 Å². The van der Waals surface area contributed by atoms with E-state index in [1.54, 1.807) is 49.8 Å². The molecule has 0 amide bonds. The van der Waals surface area contributed by atoms with Crippen molar-refractivity contribution in [1.82, 2.24) is 0 Å². The van der Waals surface area contributed by atoms with Crippen LogP contribution < -0.4 is 33.2 Å². The third kappa shape index (κ3) is 4.90. The molecular formula is C28H34O7. The Morgan fingerprint density at radius 1 is 0.400 bits per heavy atom. The molecule has 3 rings (SSSR count). The largest absolute Gasteiger partial charge is 0.497 e. The van der Waals surface area contributed by atoms with Crippen molar-refractivity contribution in [3.05, 3.63) is 64.2 Å². The van der Waals surface area contributed by atoms with E-state index in [1.165, 1.54) is 0 Å². The van der Waals surface area contributed by atoms with E-state index >= 15 is 0 Å². The minimum absolute atomic E-state index is 0.382. The van der Waals surface area contributed by atoms with Gasteiger partial charge >= 0.3 is 0 Å². The summed E-state index contributed by atoms with van der Waals surface area (Å²) in [6.45, 7) is 4.06. The van der Waals surface area contributed by atoms with Crippen molar-refractivity contribution >= 4 is 0 Å². The number of methoxy groups -OCH3 is 7. The van der Waals surface area contributed by atoms with Crippen LogP contribution in [0.15, 0.2) is 36.4 Å². The second-order valence-corrected chi connectivity index (χ2v) is 8.00. The lowest BCUT2D eigenvalue weighted by molar-refractivity contribution is 0.364. The van der Waals surface area contributed by atoms with Crippen molar-refractivity contribution in [3.8, 4) is 40.2 Å². The zero-order valence-electron chi connectivity index (χ0n) is 21.9. The van der Waals surface area contributed by atoms with Gasteiger partial charge in [-0.3, -0.25) is 0 Å². The van der Waals surface area contributed by atoms with Gasteiger partial charge in [-0.05, 0) is 37.1 Å². The number of benzene rings is 3. The van der Waals surface area contributed by atoms with Crippen LogP contribution in [0.2, 0.25) is 0 Å². The number of hydrogen-bond acceptors (Lipinski definition) is 7. The van der Waals surface area contributed by atoms with E-state index in [2.05, 4.69) is 0 Å². The Morgan fingerprint density at radius 2 is 0.686 bits per heavy atom. The van der Waals surface area contributed by atoms with Gasteiger partial charge in [-0.25, -0.2) is 0 Å². The second-order valence-electron chi connectivity index (χ2n) is 8.00. The normalized spacial score (nSPS) is 10.7. The van der Waals surface area contributed by atoms with E-state index in [0.29, 0.717) is 40.2 Å². The van der Waals surface area contributed by atoms with Crippen molar-refractivity contribution < 1.29 is 33.2 Å². The van der Waals surface area contributed by atoms with E-state index in [9.17, 15) is 0 Å². The predicted octanol–water partition coefficient (Wildman–Crippen LogP) is 5.54. The summed E-state index contributed by atoms with van der Waals surface area (Å²) in [5.41, 5.74) is 4.63. The number of rotatable bonds is 10. The average Bonchev–Trinajstić information content (AvgIpc) is 2.88. The predicted molar refractivity (Wildman–Crippen MR) is 136 cm³/mol. The summed E-state index contributed by atoms with van der Waals surface area (Å²) in [5, 5.41) is 0. The minimum atomic E-state index is -0.382. The summed E-state index contributed by atoms with van der Waals surface area (Å²) in [6, 6.07) is 11.4. The lowest BCUT2D eigenvalue weighted by Gasteiger charge is -2.29. The molecular weight excluding hydrogens is 448 g/mol. The average molecular weight is 483 g/mol. The number of ether oxygens (including phenoxy) is 7. The molecule has 0 saturated heterocycles. The quantitative estimate of drug-likeness (QED) is 0.351. The van der Waals surface area contributed by atoms with Gasteiger partial charge in [-0.2, -0.15) is 0 Å². The summed E-state index contributed by atoms with van der Waals surface area (Å²) in [6.07, 6.45) is 0. The molecule has 7 heteroatoms. The molecule has 3 aromatic rings.